The first-order chi connectivity index (χ1) is 9.67. The zero-order valence-electron chi connectivity index (χ0n) is 11.5. The molecule has 3 rings (SSSR count). The maximum atomic E-state index is 12.1. The highest BCUT2D eigenvalue weighted by Crippen LogP contribution is 2.43. The van der Waals surface area contributed by atoms with Crippen molar-refractivity contribution in [3.63, 3.8) is 0 Å². The van der Waals surface area contributed by atoms with Crippen LogP contribution in [0.5, 0.6) is 0 Å². The summed E-state index contributed by atoms with van der Waals surface area (Å²) >= 11 is 0. The van der Waals surface area contributed by atoms with Gasteiger partial charge in [0.05, 0.1) is 0 Å². The topological polar surface area (TPSA) is 46.6 Å². The average molecular weight is 273 g/mol. The minimum Gasteiger partial charge on any atom is -0.445 e. The molecule has 2 fully saturated rings. The van der Waals surface area contributed by atoms with E-state index in [2.05, 4.69) is 0 Å². The van der Waals surface area contributed by atoms with Gasteiger partial charge >= 0.3 is 6.09 Å². The van der Waals surface area contributed by atoms with Gasteiger partial charge in [0.2, 0.25) is 0 Å². The molecule has 20 heavy (non-hydrogen) atoms. The first kappa shape index (κ1) is 13.2. The molecule has 0 radical (unpaired) electrons. The molecule has 0 N–H and O–H groups in total. The first-order valence-corrected chi connectivity index (χ1v) is 7.14. The molecule has 4 heteroatoms. The zero-order chi connectivity index (χ0) is 14.0. The van der Waals surface area contributed by atoms with E-state index in [0.29, 0.717) is 38.3 Å². The van der Waals surface area contributed by atoms with E-state index >= 15 is 0 Å². The lowest BCUT2D eigenvalue weighted by atomic mass is 9.86. The monoisotopic (exact) mass is 273 g/mol. The molecule has 1 aromatic rings. The second-order valence-corrected chi connectivity index (χ2v) is 5.93. The number of hydrogen-bond acceptors (Lipinski definition) is 3. The molecule has 1 amide bonds. The highest BCUT2D eigenvalue weighted by Gasteiger charge is 2.45. The molecule has 106 valence electrons. The van der Waals surface area contributed by atoms with Gasteiger partial charge in [-0.2, -0.15) is 0 Å². The number of likely N-dealkylation sites (tertiary alicyclic amines) is 1. The molecular weight excluding hydrogens is 254 g/mol. The number of hydrogen-bond donors (Lipinski definition) is 0. The molecule has 4 nitrogen and oxygen atoms in total. The number of benzene rings is 1. The smallest absolute Gasteiger partial charge is 0.410 e. The van der Waals surface area contributed by atoms with Gasteiger partial charge < -0.3 is 9.64 Å². The summed E-state index contributed by atoms with van der Waals surface area (Å²) in [6, 6.07) is 9.67. The fraction of sp³-hybridized carbons (Fsp3) is 0.500. The number of rotatable bonds is 2. The van der Waals surface area contributed by atoms with Gasteiger partial charge in [0.1, 0.15) is 12.4 Å². The number of ketones is 1. The average Bonchev–Trinajstić information content (AvgIpc) is 3.04. The molecule has 1 unspecified atom stereocenters. The Morgan fingerprint density at radius 3 is 2.75 bits per heavy atom. The normalized spacial score (nSPS) is 25.4. The van der Waals surface area contributed by atoms with Crippen LogP contribution in [0.2, 0.25) is 0 Å². The molecule has 1 saturated heterocycles. The summed E-state index contributed by atoms with van der Waals surface area (Å²) in [4.78, 5) is 25.3. The molecule has 2 aliphatic rings. The molecule has 1 heterocycles. The lowest BCUT2D eigenvalue weighted by molar-refractivity contribution is -0.118. The van der Waals surface area contributed by atoms with E-state index in [1.165, 1.54) is 0 Å². The van der Waals surface area contributed by atoms with E-state index in [9.17, 15) is 9.59 Å². The third kappa shape index (κ3) is 2.69. The van der Waals surface area contributed by atoms with Crippen LogP contribution in [-0.2, 0) is 16.1 Å². The van der Waals surface area contributed by atoms with Crippen LogP contribution in [0.1, 0.15) is 31.2 Å². The number of carbonyl (C=O) groups is 2. The van der Waals surface area contributed by atoms with E-state index in [-0.39, 0.29) is 11.5 Å². The number of nitrogens with zero attached hydrogens (tertiary/aromatic N) is 1. The number of amides is 1. The minimum absolute atomic E-state index is 0.0445. The van der Waals surface area contributed by atoms with Crippen LogP contribution in [0.3, 0.4) is 0 Å². The van der Waals surface area contributed by atoms with Crippen LogP contribution < -0.4 is 0 Å². The molecule has 1 atom stereocenters. The van der Waals surface area contributed by atoms with Gasteiger partial charge in [-0.25, -0.2) is 4.79 Å². The molecule has 1 saturated carbocycles. The number of ether oxygens (including phenoxy) is 1. The van der Waals surface area contributed by atoms with Crippen molar-refractivity contribution < 1.29 is 14.3 Å². The fourth-order valence-electron chi connectivity index (χ4n) is 3.25. The van der Waals surface area contributed by atoms with E-state index in [0.717, 1.165) is 18.4 Å². The Hall–Kier alpha value is -1.84. The van der Waals surface area contributed by atoms with Crippen LogP contribution >= 0.6 is 0 Å². The van der Waals surface area contributed by atoms with Gasteiger partial charge in [0, 0.05) is 25.9 Å². The largest absolute Gasteiger partial charge is 0.445 e. The quantitative estimate of drug-likeness (QED) is 0.832. The standard InChI is InChI=1S/C16H19NO3/c18-14-6-7-16(10-14)8-9-17(12-16)15(19)20-11-13-4-2-1-3-5-13/h1-5H,6-12H2. The number of carbonyl (C=O) groups excluding carboxylic acids is 2. The highest BCUT2D eigenvalue weighted by molar-refractivity contribution is 5.82. The van der Waals surface area contributed by atoms with E-state index in [1.807, 2.05) is 30.3 Å². The van der Waals surface area contributed by atoms with Crippen molar-refractivity contribution in [3.05, 3.63) is 35.9 Å². The van der Waals surface area contributed by atoms with Crippen molar-refractivity contribution in [1.29, 1.82) is 0 Å². The van der Waals surface area contributed by atoms with Crippen LogP contribution in [-0.4, -0.2) is 29.9 Å². The van der Waals surface area contributed by atoms with Crippen LogP contribution in [0.15, 0.2) is 30.3 Å². The predicted octanol–water partition coefficient (Wildman–Crippen LogP) is 2.77. The molecule has 1 aromatic carbocycles. The zero-order valence-corrected chi connectivity index (χ0v) is 11.5. The predicted molar refractivity (Wildman–Crippen MR) is 74.1 cm³/mol. The Morgan fingerprint density at radius 1 is 1.25 bits per heavy atom. The molecule has 1 spiro atoms. The van der Waals surface area contributed by atoms with Crippen LogP contribution in [0.4, 0.5) is 4.79 Å². The summed E-state index contributed by atoms with van der Waals surface area (Å²) in [5.41, 5.74) is 1.04. The third-order valence-corrected chi connectivity index (χ3v) is 4.41. The van der Waals surface area contributed by atoms with Gasteiger partial charge in [-0.1, -0.05) is 30.3 Å². The number of Topliss-reactive ketones (excluding diaryl/α,β-unsaturated/α-hetero) is 1. The maximum Gasteiger partial charge on any atom is 0.410 e. The lowest BCUT2D eigenvalue weighted by Crippen LogP contribution is -2.31. The van der Waals surface area contributed by atoms with Gasteiger partial charge in [-0.15, -0.1) is 0 Å². The molecule has 1 aliphatic carbocycles. The minimum atomic E-state index is -0.259. The van der Waals surface area contributed by atoms with E-state index in [1.54, 1.807) is 4.90 Å². The fourth-order valence-corrected chi connectivity index (χ4v) is 3.25. The Labute approximate surface area is 118 Å². The summed E-state index contributed by atoms with van der Waals surface area (Å²) < 4.78 is 5.34. The van der Waals surface area contributed by atoms with Gasteiger partial charge in [0.15, 0.2) is 0 Å². The Bertz CT molecular complexity index is 514. The van der Waals surface area contributed by atoms with Crippen molar-refractivity contribution in [3.8, 4) is 0 Å². The van der Waals surface area contributed by atoms with Crippen molar-refractivity contribution >= 4 is 11.9 Å². The Kier molecular flexibility index (Phi) is 3.47. The molecule has 0 bridgehead atoms. The summed E-state index contributed by atoms with van der Waals surface area (Å²) in [6.45, 7) is 1.69. The van der Waals surface area contributed by atoms with E-state index < -0.39 is 0 Å². The van der Waals surface area contributed by atoms with Crippen LogP contribution in [0.25, 0.3) is 0 Å². The molecular formula is C16H19NO3. The van der Waals surface area contributed by atoms with Crippen molar-refractivity contribution in [2.24, 2.45) is 5.41 Å². The Balaban J connectivity index is 1.53. The highest BCUT2D eigenvalue weighted by atomic mass is 16.6. The lowest BCUT2D eigenvalue weighted by Gasteiger charge is -2.22. The van der Waals surface area contributed by atoms with Crippen LogP contribution in [0, 0.1) is 5.41 Å². The third-order valence-electron chi connectivity index (χ3n) is 4.41. The summed E-state index contributed by atoms with van der Waals surface area (Å²) in [6.07, 6.45) is 2.90. The van der Waals surface area contributed by atoms with Crippen molar-refractivity contribution in [2.75, 3.05) is 13.1 Å². The summed E-state index contributed by atoms with van der Waals surface area (Å²) in [7, 11) is 0. The van der Waals surface area contributed by atoms with Gasteiger partial charge in [-0.05, 0) is 23.8 Å². The first-order valence-electron chi connectivity index (χ1n) is 7.14. The molecule has 1 aliphatic heterocycles. The van der Waals surface area contributed by atoms with Crippen molar-refractivity contribution in [1.82, 2.24) is 4.90 Å². The Morgan fingerprint density at radius 2 is 2.05 bits per heavy atom. The second kappa shape index (κ2) is 5.27. The summed E-state index contributed by atoms with van der Waals surface area (Å²) in [5.74, 6) is 0.338. The summed E-state index contributed by atoms with van der Waals surface area (Å²) in [5, 5.41) is 0. The van der Waals surface area contributed by atoms with Crippen molar-refractivity contribution in [2.45, 2.75) is 32.3 Å². The SMILES string of the molecule is O=C1CCC2(CCN(C(=O)OCc3ccccc3)C2)C1. The molecule has 0 aromatic heterocycles. The van der Waals surface area contributed by atoms with E-state index in [4.69, 9.17) is 4.74 Å². The maximum absolute atomic E-state index is 12.1. The van der Waals surface area contributed by atoms with Gasteiger partial charge in [0.25, 0.3) is 0 Å². The second-order valence-electron chi connectivity index (χ2n) is 5.93. The van der Waals surface area contributed by atoms with Gasteiger partial charge in [-0.3, -0.25) is 4.79 Å².